The van der Waals surface area contributed by atoms with Gasteiger partial charge in [-0.15, -0.1) is 5.10 Å². The van der Waals surface area contributed by atoms with Gasteiger partial charge in [-0.3, -0.25) is 4.79 Å². The van der Waals surface area contributed by atoms with E-state index in [-0.39, 0.29) is 11.2 Å². The molecule has 0 aliphatic carbocycles. The first-order valence-corrected chi connectivity index (χ1v) is 9.40. The first-order chi connectivity index (χ1) is 13.1. The smallest absolute Gasteiger partial charge is 0.239 e. The van der Waals surface area contributed by atoms with Crippen molar-refractivity contribution in [3.8, 4) is 11.5 Å². The number of rotatable bonds is 6. The molecule has 1 amide bonds. The van der Waals surface area contributed by atoms with Gasteiger partial charge in [0.2, 0.25) is 5.91 Å². The summed E-state index contributed by atoms with van der Waals surface area (Å²) >= 11 is 7.25. The summed E-state index contributed by atoms with van der Waals surface area (Å²) in [5, 5.41) is 11.8. The minimum Gasteiger partial charge on any atom is -0.493 e. The third kappa shape index (κ3) is 5.02. The summed E-state index contributed by atoms with van der Waals surface area (Å²) in [6, 6.07) is 12.9. The second kappa shape index (κ2) is 8.92. The van der Waals surface area contributed by atoms with Crippen LogP contribution in [0, 0.1) is 0 Å². The van der Waals surface area contributed by atoms with Crippen LogP contribution in [0.15, 0.2) is 52.7 Å². The zero-order chi connectivity index (χ0) is 19.2. The molecule has 1 N–H and O–H groups in total. The zero-order valence-corrected chi connectivity index (χ0v) is 16.4. The lowest BCUT2D eigenvalue weighted by Crippen LogP contribution is -2.25. The fourth-order valence-electron chi connectivity index (χ4n) is 2.50. The van der Waals surface area contributed by atoms with E-state index in [4.69, 9.17) is 21.1 Å². The molecule has 2 aromatic rings. The second-order valence-electron chi connectivity index (χ2n) is 5.69. The van der Waals surface area contributed by atoms with E-state index >= 15 is 0 Å². The van der Waals surface area contributed by atoms with Crippen LogP contribution >= 0.6 is 23.4 Å². The Bertz CT molecular complexity index is 884. The van der Waals surface area contributed by atoms with Gasteiger partial charge in [-0.05, 0) is 47.9 Å². The number of hydrogen-bond acceptors (Lipinski definition) is 6. The quantitative estimate of drug-likeness (QED) is 0.591. The molecule has 0 radical (unpaired) electrons. The topological polar surface area (TPSA) is 72.3 Å². The van der Waals surface area contributed by atoms with Crippen LogP contribution in [-0.2, 0) is 11.2 Å². The largest absolute Gasteiger partial charge is 0.493 e. The van der Waals surface area contributed by atoms with Gasteiger partial charge >= 0.3 is 0 Å². The van der Waals surface area contributed by atoms with Gasteiger partial charge in [0.15, 0.2) is 16.7 Å². The van der Waals surface area contributed by atoms with E-state index in [9.17, 15) is 4.79 Å². The predicted octanol–water partition coefficient (Wildman–Crippen LogP) is 3.52. The Morgan fingerprint density at radius 3 is 2.59 bits per heavy atom. The highest BCUT2D eigenvalue weighted by atomic mass is 35.5. The number of nitrogens with zero attached hydrogens (tertiary/aromatic N) is 2. The van der Waals surface area contributed by atoms with Gasteiger partial charge < -0.3 is 14.8 Å². The molecule has 0 saturated carbocycles. The lowest BCUT2D eigenvalue weighted by molar-refractivity contribution is -0.118. The standard InChI is InChI=1S/C19H18ClN3O3S/c1-25-15-8-5-13(9-16(15)26-2)11-21-23-19-22-18(24)17(27-19)10-12-3-6-14(20)7-4-12/h3-9,11,17H,10H2,1-2H3,(H,22,23,24). The second-order valence-corrected chi connectivity index (χ2v) is 7.32. The Balaban J connectivity index is 1.63. The van der Waals surface area contributed by atoms with Gasteiger partial charge in [0, 0.05) is 5.02 Å². The third-order valence-electron chi connectivity index (χ3n) is 3.87. The average Bonchev–Trinajstić information content (AvgIpc) is 3.02. The van der Waals surface area contributed by atoms with Crippen molar-refractivity contribution < 1.29 is 14.3 Å². The van der Waals surface area contributed by atoms with Gasteiger partial charge in [-0.25, -0.2) is 0 Å². The number of ether oxygens (including phenoxy) is 2. The molecule has 1 unspecified atom stereocenters. The van der Waals surface area contributed by atoms with E-state index in [1.807, 2.05) is 30.3 Å². The van der Waals surface area contributed by atoms with E-state index in [1.54, 1.807) is 32.6 Å². The molecule has 27 heavy (non-hydrogen) atoms. The highest BCUT2D eigenvalue weighted by molar-refractivity contribution is 8.15. The summed E-state index contributed by atoms with van der Waals surface area (Å²) in [4.78, 5) is 12.1. The molecule has 0 spiro atoms. The third-order valence-corrected chi connectivity index (χ3v) is 5.20. The molecule has 140 valence electrons. The highest BCUT2D eigenvalue weighted by Crippen LogP contribution is 2.27. The monoisotopic (exact) mass is 403 g/mol. The van der Waals surface area contributed by atoms with Crippen LogP contribution in [0.2, 0.25) is 5.02 Å². The summed E-state index contributed by atoms with van der Waals surface area (Å²) in [7, 11) is 3.16. The van der Waals surface area contributed by atoms with Gasteiger partial charge in [0.1, 0.15) is 0 Å². The Morgan fingerprint density at radius 2 is 1.89 bits per heavy atom. The maximum atomic E-state index is 12.1. The number of methoxy groups -OCH3 is 2. The lowest BCUT2D eigenvalue weighted by atomic mass is 10.1. The van der Waals surface area contributed by atoms with E-state index in [2.05, 4.69) is 15.5 Å². The van der Waals surface area contributed by atoms with Crippen LogP contribution in [0.3, 0.4) is 0 Å². The fraction of sp³-hybridized carbons (Fsp3) is 0.211. The van der Waals surface area contributed by atoms with Crippen molar-refractivity contribution >= 4 is 40.7 Å². The first kappa shape index (κ1) is 19.3. The van der Waals surface area contributed by atoms with E-state index < -0.39 is 0 Å². The molecule has 1 fully saturated rings. The van der Waals surface area contributed by atoms with E-state index in [0.717, 1.165) is 11.1 Å². The number of hydrogen-bond donors (Lipinski definition) is 1. The fourth-order valence-corrected chi connectivity index (χ4v) is 3.59. The summed E-state index contributed by atoms with van der Waals surface area (Å²) in [5.74, 6) is 1.18. The summed E-state index contributed by atoms with van der Waals surface area (Å²) in [6.07, 6.45) is 2.19. The molecule has 3 rings (SSSR count). The van der Waals surface area contributed by atoms with E-state index in [1.165, 1.54) is 11.8 Å². The number of halogens is 1. The number of benzene rings is 2. The molecule has 1 aliphatic heterocycles. The molecular formula is C19H18ClN3O3S. The number of carbonyl (C=O) groups excluding carboxylic acids is 1. The number of nitrogens with one attached hydrogen (secondary N) is 1. The van der Waals surface area contributed by atoms with Gasteiger partial charge in [-0.1, -0.05) is 35.5 Å². The van der Waals surface area contributed by atoms with Gasteiger partial charge in [0.05, 0.1) is 25.7 Å². The number of amidine groups is 1. The molecule has 6 nitrogen and oxygen atoms in total. The summed E-state index contributed by atoms with van der Waals surface area (Å²) in [5.41, 5.74) is 1.85. The van der Waals surface area contributed by atoms with Crippen LogP contribution in [0.5, 0.6) is 11.5 Å². The Labute approximate surface area is 166 Å². The molecule has 1 saturated heterocycles. The summed E-state index contributed by atoms with van der Waals surface area (Å²) < 4.78 is 10.5. The summed E-state index contributed by atoms with van der Waals surface area (Å²) in [6.45, 7) is 0. The van der Waals surface area contributed by atoms with Crippen molar-refractivity contribution in [2.45, 2.75) is 11.7 Å². The van der Waals surface area contributed by atoms with Crippen molar-refractivity contribution in [1.29, 1.82) is 0 Å². The van der Waals surface area contributed by atoms with Crippen molar-refractivity contribution in [3.63, 3.8) is 0 Å². The number of amides is 1. The van der Waals surface area contributed by atoms with Crippen LogP contribution in [0.4, 0.5) is 0 Å². The minimum atomic E-state index is -0.235. The lowest BCUT2D eigenvalue weighted by Gasteiger charge is -2.07. The molecule has 0 bridgehead atoms. The van der Waals surface area contributed by atoms with E-state index in [0.29, 0.717) is 28.1 Å². The Hall–Kier alpha value is -2.51. The molecule has 1 aliphatic rings. The number of thioether (sulfide) groups is 1. The molecule has 2 aromatic carbocycles. The van der Waals surface area contributed by atoms with Gasteiger partial charge in [-0.2, -0.15) is 5.10 Å². The Kier molecular flexibility index (Phi) is 6.36. The van der Waals surface area contributed by atoms with Crippen LogP contribution in [0.25, 0.3) is 0 Å². The van der Waals surface area contributed by atoms with Crippen molar-refractivity contribution in [1.82, 2.24) is 5.32 Å². The minimum absolute atomic E-state index is 0.0741. The molecule has 8 heteroatoms. The predicted molar refractivity (Wildman–Crippen MR) is 109 cm³/mol. The number of carbonyl (C=O) groups is 1. The average molecular weight is 404 g/mol. The van der Waals surface area contributed by atoms with Crippen molar-refractivity contribution in [2.24, 2.45) is 10.2 Å². The maximum absolute atomic E-state index is 12.1. The van der Waals surface area contributed by atoms with Crippen molar-refractivity contribution in [2.75, 3.05) is 14.2 Å². The van der Waals surface area contributed by atoms with Crippen LogP contribution < -0.4 is 14.8 Å². The highest BCUT2D eigenvalue weighted by Gasteiger charge is 2.30. The van der Waals surface area contributed by atoms with Gasteiger partial charge in [0.25, 0.3) is 0 Å². The zero-order valence-electron chi connectivity index (χ0n) is 14.8. The normalized spacial score (nSPS) is 18.1. The Morgan fingerprint density at radius 1 is 1.15 bits per heavy atom. The van der Waals surface area contributed by atoms with Crippen LogP contribution in [0.1, 0.15) is 11.1 Å². The molecule has 0 aromatic heterocycles. The maximum Gasteiger partial charge on any atom is 0.239 e. The molecule has 1 heterocycles. The molecular weight excluding hydrogens is 386 g/mol. The van der Waals surface area contributed by atoms with Crippen molar-refractivity contribution in [3.05, 3.63) is 58.6 Å². The van der Waals surface area contributed by atoms with Crippen LogP contribution in [-0.4, -0.2) is 36.8 Å². The SMILES string of the molecule is COc1ccc(C=N/N=C2\NC(=O)C(Cc3ccc(Cl)cc3)S2)cc1OC. The molecule has 1 atom stereocenters. The first-order valence-electron chi connectivity index (χ1n) is 8.14.